The summed E-state index contributed by atoms with van der Waals surface area (Å²) in [4.78, 5) is 27.4. The third-order valence-corrected chi connectivity index (χ3v) is 3.94. The summed E-state index contributed by atoms with van der Waals surface area (Å²) >= 11 is 1.25. The molecule has 2 N–H and O–H groups in total. The van der Waals surface area contributed by atoms with Crippen LogP contribution in [0.2, 0.25) is 0 Å². The molecule has 1 aromatic carbocycles. The molecule has 0 spiro atoms. The molecule has 0 bridgehead atoms. The van der Waals surface area contributed by atoms with E-state index in [-0.39, 0.29) is 11.7 Å². The lowest BCUT2D eigenvalue weighted by Gasteiger charge is -2.04. The van der Waals surface area contributed by atoms with E-state index in [0.29, 0.717) is 16.4 Å². The maximum Gasteiger partial charge on any atom is 0.257 e. The predicted molar refractivity (Wildman–Crippen MR) is 77.1 cm³/mol. The Morgan fingerprint density at radius 2 is 2.10 bits per heavy atom. The fraction of sp³-hybridized carbons (Fsp3) is 0.214. The number of nitrogens with one attached hydrogen (secondary N) is 2. The van der Waals surface area contributed by atoms with Crippen LogP contribution < -0.4 is 10.6 Å². The van der Waals surface area contributed by atoms with Crippen LogP contribution >= 0.6 is 11.3 Å². The topological polar surface area (TPSA) is 71.1 Å². The molecule has 20 heavy (non-hydrogen) atoms. The van der Waals surface area contributed by atoms with Gasteiger partial charge in [0.05, 0.1) is 0 Å². The van der Waals surface area contributed by atoms with Gasteiger partial charge in [0.15, 0.2) is 10.9 Å². The molecular weight excluding hydrogens is 274 g/mol. The standard InChI is InChI=1S/C14H13N3O2S/c1-8(18)12-7-20-14(16-12)17-13(19)9-2-3-10-5-15-6-11(10)4-9/h2-4,7,15H,5-6H2,1H3,(H,16,17,19). The second kappa shape index (κ2) is 5.15. The van der Waals surface area contributed by atoms with E-state index in [0.717, 1.165) is 18.7 Å². The predicted octanol–water partition coefficient (Wildman–Crippen LogP) is 2.20. The molecule has 5 nitrogen and oxygen atoms in total. The second-order valence-electron chi connectivity index (χ2n) is 4.64. The van der Waals surface area contributed by atoms with Gasteiger partial charge in [0.1, 0.15) is 5.69 Å². The van der Waals surface area contributed by atoms with Crippen molar-refractivity contribution < 1.29 is 9.59 Å². The molecular formula is C14H13N3O2S. The summed E-state index contributed by atoms with van der Waals surface area (Å²) in [5.41, 5.74) is 3.37. The van der Waals surface area contributed by atoms with E-state index in [9.17, 15) is 9.59 Å². The summed E-state index contributed by atoms with van der Waals surface area (Å²) in [7, 11) is 0. The van der Waals surface area contributed by atoms with Gasteiger partial charge in [-0.2, -0.15) is 0 Å². The number of aromatic nitrogens is 1. The zero-order valence-corrected chi connectivity index (χ0v) is 11.7. The van der Waals surface area contributed by atoms with Crippen molar-refractivity contribution in [3.05, 3.63) is 46.0 Å². The number of ketones is 1. The molecule has 0 atom stereocenters. The highest BCUT2D eigenvalue weighted by molar-refractivity contribution is 7.14. The van der Waals surface area contributed by atoms with Crippen molar-refractivity contribution in [2.24, 2.45) is 0 Å². The minimum Gasteiger partial charge on any atom is -0.309 e. The zero-order chi connectivity index (χ0) is 14.1. The van der Waals surface area contributed by atoms with Crippen LogP contribution in [0.15, 0.2) is 23.6 Å². The van der Waals surface area contributed by atoms with Crippen molar-refractivity contribution in [2.75, 3.05) is 5.32 Å². The normalized spacial score (nSPS) is 13.1. The fourth-order valence-corrected chi connectivity index (χ4v) is 2.84. The lowest BCUT2D eigenvalue weighted by molar-refractivity contribution is 0.100. The van der Waals surface area contributed by atoms with E-state index in [4.69, 9.17) is 0 Å². The van der Waals surface area contributed by atoms with Crippen molar-refractivity contribution in [1.29, 1.82) is 0 Å². The molecule has 0 aliphatic carbocycles. The van der Waals surface area contributed by atoms with Crippen LogP contribution in [0.4, 0.5) is 5.13 Å². The SMILES string of the molecule is CC(=O)c1csc(NC(=O)c2ccc3c(c2)CNC3)n1. The Kier molecular flexibility index (Phi) is 3.33. The number of hydrogen-bond donors (Lipinski definition) is 2. The average molecular weight is 287 g/mol. The highest BCUT2D eigenvalue weighted by Crippen LogP contribution is 2.20. The van der Waals surface area contributed by atoms with E-state index in [1.807, 2.05) is 12.1 Å². The van der Waals surface area contributed by atoms with Gasteiger partial charge < -0.3 is 5.32 Å². The number of hydrogen-bond acceptors (Lipinski definition) is 5. The van der Waals surface area contributed by atoms with Gasteiger partial charge in [-0.3, -0.25) is 14.9 Å². The number of carbonyl (C=O) groups excluding carboxylic acids is 2. The molecule has 2 aromatic rings. The summed E-state index contributed by atoms with van der Waals surface area (Å²) in [6.07, 6.45) is 0. The number of fused-ring (bicyclic) bond motifs is 1. The van der Waals surface area contributed by atoms with Crippen LogP contribution in [0.1, 0.15) is 38.9 Å². The van der Waals surface area contributed by atoms with E-state index in [1.54, 1.807) is 11.4 Å². The van der Waals surface area contributed by atoms with Gasteiger partial charge in [-0.05, 0) is 23.3 Å². The van der Waals surface area contributed by atoms with Crippen molar-refractivity contribution in [2.45, 2.75) is 20.0 Å². The smallest absolute Gasteiger partial charge is 0.257 e. The van der Waals surface area contributed by atoms with E-state index >= 15 is 0 Å². The molecule has 0 saturated carbocycles. The first-order valence-electron chi connectivity index (χ1n) is 6.24. The summed E-state index contributed by atoms with van der Waals surface area (Å²) in [6, 6.07) is 5.66. The maximum absolute atomic E-state index is 12.1. The van der Waals surface area contributed by atoms with Crippen LogP contribution in [0, 0.1) is 0 Å². The molecule has 1 aliphatic rings. The molecule has 6 heteroatoms. The first kappa shape index (κ1) is 13.0. The summed E-state index contributed by atoms with van der Waals surface area (Å²) in [5.74, 6) is -0.311. The zero-order valence-electron chi connectivity index (χ0n) is 10.9. The lowest BCUT2D eigenvalue weighted by atomic mass is 10.1. The Morgan fingerprint density at radius 1 is 1.30 bits per heavy atom. The Labute approximate surface area is 120 Å². The van der Waals surface area contributed by atoms with Gasteiger partial charge in [-0.1, -0.05) is 6.07 Å². The fourth-order valence-electron chi connectivity index (χ4n) is 2.10. The Morgan fingerprint density at radius 3 is 2.85 bits per heavy atom. The summed E-state index contributed by atoms with van der Waals surface area (Å²) in [5, 5.41) is 8.05. The first-order valence-corrected chi connectivity index (χ1v) is 7.12. The number of thiazole rings is 1. The van der Waals surface area contributed by atoms with Crippen molar-refractivity contribution >= 4 is 28.2 Å². The van der Waals surface area contributed by atoms with Gasteiger partial charge in [0.25, 0.3) is 5.91 Å². The minimum atomic E-state index is -0.204. The van der Waals surface area contributed by atoms with E-state index in [2.05, 4.69) is 15.6 Å². The van der Waals surface area contributed by atoms with Gasteiger partial charge >= 0.3 is 0 Å². The third kappa shape index (κ3) is 2.48. The monoisotopic (exact) mass is 287 g/mol. The third-order valence-electron chi connectivity index (χ3n) is 3.18. The van der Waals surface area contributed by atoms with Crippen LogP contribution in [-0.4, -0.2) is 16.7 Å². The minimum absolute atomic E-state index is 0.106. The molecule has 0 fully saturated rings. The van der Waals surface area contributed by atoms with Crippen LogP contribution in [0.25, 0.3) is 0 Å². The quantitative estimate of drug-likeness (QED) is 0.849. The number of nitrogens with zero attached hydrogens (tertiary/aromatic N) is 1. The van der Waals surface area contributed by atoms with Crippen molar-refractivity contribution in [3.8, 4) is 0 Å². The van der Waals surface area contributed by atoms with Crippen LogP contribution in [-0.2, 0) is 13.1 Å². The van der Waals surface area contributed by atoms with E-state index < -0.39 is 0 Å². The van der Waals surface area contributed by atoms with Crippen LogP contribution in [0.5, 0.6) is 0 Å². The molecule has 1 aromatic heterocycles. The largest absolute Gasteiger partial charge is 0.309 e. The number of amides is 1. The number of benzene rings is 1. The number of Topliss-reactive ketones (excluding diaryl/α,β-unsaturated/α-hetero) is 1. The highest BCUT2D eigenvalue weighted by Gasteiger charge is 2.15. The summed E-state index contributed by atoms with van der Waals surface area (Å²) < 4.78 is 0. The second-order valence-corrected chi connectivity index (χ2v) is 5.49. The molecule has 102 valence electrons. The van der Waals surface area contributed by atoms with E-state index in [1.165, 1.54) is 23.8 Å². The first-order chi connectivity index (χ1) is 9.63. The molecule has 1 aliphatic heterocycles. The molecule has 2 heterocycles. The lowest BCUT2D eigenvalue weighted by Crippen LogP contribution is -2.12. The van der Waals surface area contributed by atoms with Gasteiger partial charge in [0.2, 0.25) is 0 Å². The maximum atomic E-state index is 12.1. The van der Waals surface area contributed by atoms with Gasteiger partial charge in [0, 0.05) is 31.0 Å². The Bertz CT molecular complexity index is 693. The average Bonchev–Trinajstić information content (AvgIpc) is 3.05. The molecule has 3 rings (SSSR count). The summed E-state index contributed by atoms with van der Waals surface area (Å²) in [6.45, 7) is 3.10. The van der Waals surface area contributed by atoms with Crippen molar-refractivity contribution in [1.82, 2.24) is 10.3 Å². The number of carbonyl (C=O) groups is 2. The molecule has 0 unspecified atom stereocenters. The molecule has 0 saturated heterocycles. The number of rotatable bonds is 3. The van der Waals surface area contributed by atoms with Crippen LogP contribution in [0.3, 0.4) is 0 Å². The van der Waals surface area contributed by atoms with Gasteiger partial charge in [-0.15, -0.1) is 11.3 Å². The van der Waals surface area contributed by atoms with Crippen molar-refractivity contribution in [3.63, 3.8) is 0 Å². The highest BCUT2D eigenvalue weighted by atomic mass is 32.1. The Balaban J connectivity index is 1.77. The number of anilines is 1. The molecule has 1 amide bonds. The molecule has 0 radical (unpaired) electrons. The van der Waals surface area contributed by atoms with Gasteiger partial charge in [-0.25, -0.2) is 4.98 Å². The Hall–Kier alpha value is -2.05.